The van der Waals surface area contributed by atoms with Crippen LogP contribution in [0.4, 0.5) is 35.1 Å². The Morgan fingerprint density at radius 3 is 1.76 bits per heavy atom. The van der Waals surface area contributed by atoms with Gasteiger partial charge in [-0.3, -0.25) is 0 Å². The normalized spacial score (nSPS) is 13.6. The predicted octanol–water partition coefficient (Wildman–Crippen LogP) is 5.81. The van der Waals surface area contributed by atoms with E-state index in [1.807, 2.05) is 0 Å². The molecule has 0 heterocycles. The summed E-state index contributed by atoms with van der Waals surface area (Å²) in [5, 5.41) is 0. The molecule has 9 heteroatoms. The maximum absolute atomic E-state index is 13.9. The average molecular weight is 370 g/mol. The molecule has 0 spiro atoms. The highest BCUT2D eigenvalue weighted by Gasteiger charge is 2.59. The van der Waals surface area contributed by atoms with Crippen molar-refractivity contribution >= 4 is 0 Å². The zero-order chi connectivity index (χ0) is 19.0. The van der Waals surface area contributed by atoms with Crippen LogP contribution in [0.25, 0.3) is 11.1 Å². The fraction of sp³-hybridized carbons (Fsp3) is 0.250. The summed E-state index contributed by atoms with van der Waals surface area (Å²) in [7, 11) is 0. The molecule has 0 saturated carbocycles. The SMILES string of the molecule is Cc1ccc(-c2cc(F)c(OC(F)(F)C(F)C(F)(F)F)c(F)c2)cc1. The van der Waals surface area contributed by atoms with Gasteiger partial charge in [-0.25, -0.2) is 13.2 Å². The molecule has 0 aliphatic heterocycles. The molecule has 1 nitrogen and oxygen atoms in total. The summed E-state index contributed by atoms with van der Waals surface area (Å²) in [6.07, 6.45) is -16.2. The van der Waals surface area contributed by atoms with Crippen LogP contribution < -0.4 is 4.74 Å². The van der Waals surface area contributed by atoms with Crippen LogP contribution in [0.3, 0.4) is 0 Å². The molecule has 1 atom stereocenters. The van der Waals surface area contributed by atoms with Crippen LogP contribution in [0.15, 0.2) is 36.4 Å². The lowest BCUT2D eigenvalue weighted by Crippen LogP contribution is -2.46. The lowest BCUT2D eigenvalue weighted by atomic mass is 10.0. The minimum Gasteiger partial charge on any atom is -0.424 e. The van der Waals surface area contributed by atoms with Crippen molar-refractivity contribution in [2.45, 2.75) is 25.4 Å². The summed E-state index contributed by atoms with van der Waals surface area (Å²) in [4.78, 5) is 0. The van der Waals surface area contributed by atoms with Crippen molar-refractivity contribution in [3.63, 3.8) is 0 Å². The summed E-state index contributed by atoms with van der Waals surface area (Å²) in [5.74, 6) is -5.18. The van der Waals surface area contributed by atoms with E-state index in [9.17, 15) is 35.1 Å². The molecule has 0 radical (unpaired) electrons. The third-order valence-electron chi connectivity index (χ3n) is 3.20. The molecular formula is C16H10F8O. The van der Waals surface area contributed by atoms with E-state index in [1.165, 1.54) is 12.1 Å². The van der Waals surface area contributed by atoms with E-state index in [0.717, 1.165) is 5.56 Å². The maximum atomic E-state index is 13.9. The molecule has 0 aliphatic carbocycles. The second kappa shape index (κ2) is 6.53. The lowest BCUT2D eigenvalue weighted by molar-refractivity contribution is -0.306. The first-order valence-corrected chi connectivity index (χ1v) is 6.75. The van der Waals surface area contributed by atoms with Crippen molar-refractivity contribution in [2.75, 3.05) is 0 Å². The second-order valence-corrected chi connectivity index (χ2v) is 5.20. The quantitative estimate of drug-likeness (QED) is 0.617. The van der Waals surface area contributed by atoms with Gasteiger partial charge in [-0.05, 0) is 30.2 Å². The van der Waals surface area contributed by atoms with Crippen LogP contribution >= 0.6 is 0 Å². The minimum atomic E-state index is -5.96. The van der Waals surface area contributed by atoms with Crippen molar-refractivity contribution in [1.82, 2.24) is 0 Å². The Hall–Kier alpha value is -2.32. The highest BCUT2D eigenvalue weighted by Crippen LogP contribution is 2.39. The van der Waals surface area contributed by atoms with E-state index >= 15 is 0 Å². The molecule has 0 aliphatic rings. The molecular weight excluding hydrogens is 360 g/mol. The molecule has 0 bridgehead atoms. The number of hydrogen-bond acceptors (Lipinski definition) is 1. The van der Waals surface area contributed by atoms with Gasteiger partial charge in [0.15, 0.2) is 17.4 Å². The first kappa shape index (κ1) is 19.0. The highest BCUT2D eigenvalue weighted by molar-refractivity contribution is 5.65. The second-order valence-electron chi connectivity index (χ2n) is 5.20. The van der Waals surface area contributed by atoms with Gasteiger partial charge in [-0.15, -0.1) is 0 Å². The molecule has 1 unspecified atom stereocenters. The van der Waals surface area contributed by atoms with E-state index in [2.05, 4.69) is 4.74 Å². The predicted molar refractivity (Wildman–Crippen MR) is 73.1 cm³/mol. The van der Waals surface area contributed by atoms with Crippen LogP contribution in [0, 0.1) is 18.6 Å². The van der Waals surface area contributed by atoms with Crippen LogP contribution in [-0.2, 0) is 0 Å². The monoisotopic (exact) mass is 370 g/mol. The number of halogens is 8. The molecule has 0 amide bonds. The molecule has 2 rings (SSSR count). The molecule has 2 aromatic carbocycles. The standard InChI is InChI=1S/C16H10F8O/c1-8-2-4-9(5-3-8)10-6-11(17)13(12(18)7-10)25-16(23,24)14(19)15(20,21)22/h2-7,14H,1H3. The molecule has 0 aromatic heterocycles. The van der Waals surface area contributed by atoms with Gasteiger partial charge >= 0.3 is 12.3 Å². The number of aryl methyl sites for hydroxylation is 1. The minimum absolute atomic E-state index is 0.0571. The van der Waals surface area contributed by atoms with Crippen LogP contribution in [0.5, 0.6) is 5.75 Å². The van der Waals surface area contributed by atoms with E-state index in [1.54, 1.807) is 19.1 Å². The van der Waals surface area contributed by atoms with Gasteiger partial charge in [0.05, 0.1) is 0 Å². The zero-order valence-electron chi connectivity index (χ0n) is 12.5. The van der Waals surface area contributed by atoms with Gasteiger partial charge in [0, 0.05) is 0 Å². The zero-order valence-corrected chi connectivity index (χ0v) is 12.5. The summed E-state index contributed by atoms with van der Waals surface area (Å²) in [6.45, 7) is 1.76. The van der Waals surface area contributed by atoms with Crippen molar-refractivity contribution in [3.8, 4) is 16.9 Å². The first-order valence-electron chi connectivity index (χ1n) is 6.75. The molecule has 0 N–H and O–H groups in total. The third-order valence-corrected chi connectivity index (χ3v) is 3.20. The van der Waals surface area contributed by atoms with Gasteiger partial charge in [0.2, 0.25) is 0 Å². The fourth-order valence-corrected chi connectivity index (χ4v) is 1.95. The molecule has 25 heavy (non-hydrogen) atoms. The molecule has 2 aromatic rings. The summed E-state index contributed by atoms with van der Waals surface area (Å²) < 4.78 is 106. The largest absolute Gasteiger partial charge is 0.439 e. The van der Waals surface area contributed by atoms with Crippen molar-refractivity contribution < 1.29 is 39.9 Å². The van der Waals surface area contributed by atoms with Gasteiger partial charge in [0.25, 0.3) is 6.17 Å². The van der Waals surface area contributed by atoms with Crippen LogP contribution in [0.1, 0.15) is 5.56 Å². The Labute approximate surface area is 136 Å². The van der Waals surface area contributed by atoms with Crippen molar-refractivity contribution in [3.05, 3.63) is 53.6 Å². The Balaban J connectivity index is 2.36. The van der Waals surface area contributed by atoms with Crippen molar-refractivity contribution in [1.29, 1.82) is 0 Å². The van der Waals surface area contributed by atoms with Gasteiger partial charge in [-0.2, -0.15) is 22.0 Å². The Bertz CT molecular complexity index is 729. The maximum Gasteiger partial charge on any atom is 0.439 e. The van der Waals surface area contributed by atoms with Gasteiger partial charge < -0.3 is 4.74 Å². The van der Waals surface area contributed by atoms with Crippen molar-refractivity contribution in [2.24, 2.45) is 0 Å². The van der Waals surface area contributed by atoms with Gasteiger partial charge in [0.1, 0.15) is 0 Å². The Morgan fingerprint density at radius 1 is 0.840 bits per heavy atom. The number of rotatable bonds is 4. The third kappa shape index (κ3) is 4.21. The first-order chi connectivity index (χ1) is 11.4. The van der Waals surface area contributed by atoms with E-state index in [-0.39, 0.29) is 5.56 Å². The number of ether oxygens (including phenoxy) is 1. The smallest absolute Gasteiger partial charge is 0.424 e. The Morgan fingerprint density at radius 2 is 1.32 bits per heavy atom. The van der Waals surface area contributed by atoms with Gasteiger partial charge in [-0.1, -0.05) is 29.8 Å². The number of hydrogen-bond donors (Lipinski definition) is 0. The van der Waals surface area contributed by atoms with Crippen LogP contribution in [0.2, 0.25) is 0 Å². The Kier molecular flexibility index (Phi) is 4.97. The molecule has 0 fully saturated rings. The average Bonchev–Trinajstić information content (AvgIpc) is 2.50. The number of benzene rings is 2. The molecule has 0 saturated heterocycles. The summed E-state index contributed by atoms with van der Waals surface area (Å²) in [5.41, 5.74) is 1.13. The van der Waals surface area contributed by atoms with E-state index in [4.69, 9.17) is 0 Å². The lowest BCUT2D eigenvalue weighted by Gasteiger charge is -2.23. The highest BCUT2D eigenvalue weighted by atomic mass is 19.4. The van der Waals surface area contributed by atoms with Crippen LogP contribution in [-0.4, -0.2) is 18.5 Å². The summed E-state index contributed by atoms with van der Waals surface area (Å²) in [6, 6.07) is 7.45. The van der Waals surface area contributed by atoms with E-state index in [0.29, 0.717) is 17.7 Å². The molecule has 136 valence electrons. The fourth-order valence-electron chi connectivity index (χ4n) is 1.95. The number of alkyl halides is 6. The summed E-state index contributed by atoms with van der Waals surface area (Å²) >= 11 is 0. The van der Waals surface area contributed by atoms with E-state index < -0.39 is 35.8 Å². The topological polar surface area (TPSA) is 9.23 Å².